The Morgan fingerprint density at radius 3 is 2.53 bits per heavy atom. The third-order valence-corrected chi connectivity index (χ3v) is 4.70. The molecule has 4 rings (SSSR count). The van der Waals surface area contributed by atoms with Crippen molar-refractivity contribution in [2.75, 3.05) is 19.0 Å². The van der Waals surface area contributed by atoms with Crippen molar-refractivity contribution < 1.29 is 14.3 Å². The van der Waals surface area contributed by atoms with E-state index in [-0.39, 0.29) is 11.6 Å². The maximum absolute atomic E-state index is 12.9. The highest BCUT2D eigenvalue weighted by Gasteiger charge is 2.20. The van der Waals surface area contributed by atoms with Crippen molar-refractivity contribution in [3.8, 4) is 22.6 Å². The lowest BCUT2D eigenvalue weighted by atomic mass is 10.1. The molecule has 8 nitrogen and oxygen atoms in total. The van der Waals surface area contributed by atoms with E-state index in [9.17, 15) is 4.79 Å². The highest BCUT2D eigenvalue weighted by molar-refractivity contribution is 6.04. The van der Waals surface area contributed by atoms with E-state index in [4.69, 9.17) is 9.47 Å². The first-order chi connectivity index (χ1) is 14.6. The first-order valence-electron chi connectivity index (χ1n) is 9.51. The summed E-state index contributed by atoms with van der Waals surface area (Å²) in [4.78, 5) is 12.9. The smallest absolute Gasteiger partial charge is 0.278 e. The van der Waals surface area contributed by atoms with E-state index in [0.717, 1.165) is 11.1 Å². The second kappa shape index (κ2) is 8.20. The largest absolute Gasteiger partial charge is 0.496 e. The Bertz CT molecular complexity index is 1220. The lowest BCUT2D eigenvalue weighted by Crippen LogP contribution is -2.19. The molecular weight excluding hydrogens is 382 g/mol. The Kier molecular flexibility index (Phi) is 5.30. The number of carbonyl (C=O) groups is 1. The number of ether oxygens (including phenoxy) is 2. The van der Waals surface area contributed by atoms with Gasteiger partial charge in [0.15, 0.2) is 11.3 Å². The molecule has 0 atom stereocenters. The second-order valence-corrected chi connectivity index (χ2v) is 6.51. The Morgan fingerprint density at radius 2 is 1.77 bits per heavy atom. The van der Waals surface area contributed by atoms with Crippen LogP contribution in [-0.4, -0.2) is 39.4 Å². The van der Waals surface area contributed by atoms with Gasteiger partial charge in [0.25, 0.3) is 5.91 Å². The number of benzene rings is 2. The fourth-order valence-electron chi connectivity index (χ4n) is 3.25. The molecule has 30 heavy (non-hydrogen) atoms. The van der Waals surface area contributed by atoms with Crippen LogP contribution in [0.4, 0.5) is 5.69 Å². The van der Waals surface area contributed by atoms with E-state index in [0.29, 0.717) is 35.1 Å². The first kappa shape index (κ1) is 19.4. The fraction of sp³-hybridized carbons (Fsp3) is 0.182. The fourth-order valence-corrected chi connectivity index (χ4v) is 3.25. The van der Waals surface area contributed by atoms with Crippen molar-refractivity contribution in [1.82, 2.24) is 19.8 Å². The summed E-state index contributed by atoms with van der Waals surface area (Å²) in [6, 6.07) is 14.9. The molecule has 2 heterocycles. The van der Waals surface area contributed by atoms with Gasteiger partial charge in [0.05, 0.1) is 36.9 Å². The summed E-state index contributed by atoms with van der Waals surface area (Å²) in [6.07, 6.45) is 1.70. The minimum Gasteiger partial charge on any atom is -0.496 e. The maximum Gasteiger partial charge on any atom is 0.278 e. The topological polar surface area (TPSA) is 90.6 Å². The zero-order valence-electron chi connectivity index (χ0n) is 16.9. The van der Waals surface area contributed by atoms with Crippen LogP contribution in [0.2, 0.25) is 0 Å². The summed E-state index contributed by atoms with van der Waals surface area (Å²) in [5, 5.41) is 15.7. The number of amides is 1. The third-order valence-electron chi connectivity index (χ3n) is 4.70. The summed E-state index contributed by atoms with van der Waals surface area (Å²) in [5.41, 5.74) is 3.50. The van der Waals surface area contributed by atoms with Gasteiger partial charge in [0, 0.05) is 5.56 Å². The minimum atomic E-state index is -0.386. The van der Waals surface area contributed by atoms with Crippen molar-refractivity contribution >= 4 is 17.2 Å². The van der Waals surface area contributed by atoms with Gasteiger partial charge in [-0.3, -0.25) is 4.79 Å². The summed E-state index contributed by atoms with van der Waals surface area (Å²) < 4.78 is 12.6. The monoisotopic (exact) mass is 403 g/mol. The van der Waals surface area contributed by atoms with Gasteiger partial charge in [-0.25, -0.2) is 4.52 Å². The molecule has 0 aliphatic carbocycles. The molecule has 1 N–H and O–H groups in total. The Morgan fingerprint density at radius 1 is 1.03 bits per heavy atom. The van der Waals surface area contributed by atoms with Gasteiger partial charge in [-0.15, -0.1) is 10.2 Å². The SMILES string of the molecule is CCOc1ccccc1NC(=O)c1nnc2c(-c3ccccc3OC)cnn2c1C. The Labute approximate surface area is 173 Å². The number of fused-ring (bicyclic) bond motifs is 1. The summed E-state index contributed by atoms with van der Waals surface area (Å²) in [5.74, 6) is 0.919. The van der Waals surface area contributed by atoms with Crippen molar-refractivity contribution in [2.45, 2.75) is 13.8 Å². The number of anilines is 1. The van der Waals surface area contributed by atoms with Gasteiger partial charge in [-0.05, 0) is 32.0 Å². The molecule has 0 aliphatic rings. The molecule has 0 bridgehead atoms. The average Bonchev–Trinajstić information content (AvgIpc) is 3.20. The number of carbonyl (C=O) groups excluding carboxylic acids is 1. The van der Waals surface area contributed by atoms with Crippen molar-refractivity contribution in [3.05, 3.63) is 66.1 Å². The van der Waals surface area contributed by atoms with Crippen LogP contribution in [0.15, 0.2) is 54.7 Å². The Hall–Kier alpha value is -3.94. The molecule has 0 saturated heterocycles. The number of hydrogen-bond acceptors (Lipinski definition) is 6. The number of aryl methyl sites for hydroxylation is 1. The van der Waals surface area contributed by atoms with Crippen molar-refractivity contribution in [1.29, 1.82) is 0 Å². The number of nitrogens with one attached hydrogen (secondary N) is 1. The first-order valence-corrected chi connectivity index (χ1v) is 9.51. The van der Waals surface area contributed by atoms with Crippen molar-refractivity contribution in [3.63, 3.8) is 0 Å². The van der Waals surface area contributed by atoms with Crippen LogP contribution in [0, 0.1) is 6.92 Å². The van der Waals surface area contributed by atoms with Gasteiger partial charge in [0.1, 0.15) is 11.5 Å². The van der Waals surface area contributed by atoms with E-state index in [1.165, 1.54) is 0 Å². The van der Waals surface area contributed by atoms with Crippen LogP contribution < -0.4 is 14.8 Å². The van der Waals surface area contributed by atoms with Crippen LogP contribution in [0.5, 0.6) is 11.5 Å². The van der Waals surface area contributed by atoms with Crippen LogP contribution >= 0.6 is 0 Å². The molecule has 8 heteroatoms. The molecule has 0 unspecified atom stereocenters. The number of nitrogens with zero attached hydrogens (tertiary/aromatic N) is 4. The molecule has 0 radical (unpaired) electrons. The molecule has 2 aromatic heterocycles. The highest BCUT2D eigenvalue weighted by Crippen LogP contribution is 2.32. The van der Waals surface area contributed by atoms with Crippen LogP contribution in [0.3, 0.4) is 0 Å². The van der Waals surface area contributed by atoms with Gasteiger partial charge in [0.2, 0.25) is 0 Å². The van der Waals surface area contributed by atoms with Gasteiger partial charge < -0.3 is 14.8 Å². The lowest BCUT2D eigenvalue weighted by Gasteiger charge is -2.12. The lowest BCUT2D eigenvalue weighted by molar-refractivity contribution is 0.101. The van der Waals surface area contributed by atoms with Gasteiger partial charge >= 0.3 is 0 Å². The molecular formula is C22H21N5O3. The highest BCUT2D eigenvalue weighted by atomic mass is 16.5. The number of aromatic nitrogens is 4. The zero-order valence-corrected chi connectivity index (χ0v) is 16.9. The van der Waals surface area contributed by atoms with Crippen LogP contribution in [-0.2, 0) is 0 Å². The van der Waals surface area contributed by atoms with Gasteiger partial charge in [-0.2, -0.15) is 5.10 Å². The normalized spacial score (nSPS) is 10.8. The molecule has 0 saturated carbocycles. The summed E-state index contributed by atoms with van der Waals surface area (Å²) in [6.45, 7) is 4.17. The predicted molar refractivity (Wildman–Crippen MR) is 113 cm³/mol. The minimum absolute atomic E-state index is 0.184. The summed E-state index contributed by atoms with van der Waals surface area (Å²) >= 11 is 0. The van der Waals surface area contributed by atoms with E-state index < -0.39 is 0 Å². The standard InChI is InChI=1S/C22H21N5O3/c1-4-30-19-12-8-6-10-17(19)24-22(28)20-14(2)27-21(26-25-20)16(13-23-27)15-9-5-7-11-18(15)29-3/h5-13H,4H2,1-3H3,(H,24,28). The number of rotatable bonds is 6. The average molecular weight is 403 g/mol. The van der Waals surface area contributed by atoms with E-state index in [2.05, 4.69) is 20.6 Å². The van der Waals surface area contributed by atoms with Crippen molar-refractivity contribution in [2.24, 2.45) is 0 Å². The molecule has 4 aromatic rings. The number of methoxy groups -OCH3 is 1. The molecule has 0 aliphatic heterocycles. The maximum atomic E-state index is 12.9. The molecule has 0 fully saturated rings. The summed E-state index contributed by atoms with van der Waals surface area (Å²) in [7, 11) is 1.62. The second-order valence-electron chi connectivity index (χ2n) is 6.51. The van der Waals surface area contributed by atoms with Crippen LogP contribution in [0.1, 0.15) is 23.1 Å². The number of para-hydroxylation sites is 3. The molecule has 1 amide bonds. The van der Waals surface area contributed by atoms with E-state index in [1.54, 1.807) is 36.9 Å². The zero-order chi connectivity index (χ0) is 21.1. The van der Waals surface area contributed by atoms with Gasteiger partial charge in [-0.1, -0.05) is 30.3 Å². The van der Waals surface area contributed by atoms with E-state index in [1.807, 2.05) is 43.3 Å². The quantitative estimate of drug-likeness (QED) is 0.527. The number of hydrogen-bond donors (Lipinski definition) is 1. The Balaban J connectivity index is 1.71. The molecule has 152 valence electrons. The molecule has 0 spiro atoms. The van der Waals surface area contributed by atoms with Crippen LogP contribution in [0.25, 0.3) is 16.8 Å². The predicted octanol–water partition coefficient (Wildman–Crippen LogP) is 3.76. The molecule has 2 aromatic carbocycles. The third kappa shape index (κ3) is 3.43. The van der Waals surface area contributed by atoms with E-state index >= 15 is 0 Å².